The molecule has 0 bridgehead atoms. The number of carbonyl (C=O) groups is 1. The standard InChI is InChI=1S/C22H28FN3OS/c1-17(27)22-13-18(16-28-22)14-24-8-2-3-21(15-24)26-11-9-25(10-12-26)20-6-4-19(23)5-7-20/h4-7,13,16,21H,2-3,8-12,14-15H2,1H3/t21-/m0/s1. The number of piperidine rings is 1. The minimum atomic E-state index is -0.175. The summed E-state index contributed by atoms with van der Waals surface area (Å²) < 4.78 is 13.1. The number of hydrogen-bond acceptors (Lipinski definition) is 5. The molecule has 4 rings (SSSR count). The lowest BCUT2D eigenvalue weighted by molar-refractivity contribution is 0.0888. The lowest BCUT2D eigenvalue weighted by Crippen LogP contribution is -2.55. The summed E-state index contributed by atoms with van der Waals surface area (Å²) in [7, 11) is 0. The van der Waals surface area contributed by atoms with Crippen LogP contribution in [0, 0.1) is 5.82 Å². The van der Waals surface area contributed by atoms with E-state index in [-0.39, 0.29) is 11.6 Å². The molecule has 0 unspecified atom stereocenters. The first-order valence-electron chi connectivity index (χ1n) is 10.1. The molecule has 6 heteroatoms. The van der Waals surface area contributed by atoms with Gasteiger partial charge in [-0.15, -0.1) is 11.3 Å². The van der Waals surface area contributed by atoms with Crippen molar-refractivity contribution in [2.45, 2.75) is 32.4 Å². The van der Waals surface area contributed by atoms with Crippen LogP contribution in [0.2, 0.25) is 0 Å². The van der Waals surface area contributed by atoms with E-state index in [1.165, 1.54) is 18.4 Å². The third-order valence-electron chi connectivity index (χ3n) is 5.91. The van der Waals surface area contributed by atoms with Crippen molar-refractivity contribution in [3.8, 4) is 0 Å². The molecule has 28 heavy (non-hydrogen) atoms. The van der Waals surface area contributed by atoms with Crippen LogP contribution in [0.1, 0.15) is 35.0 Å². The summed E-state index contributed by atoms with van der Waals surface area (Å²) in [5, 5.41) is 2.13. The Balaban J connectivity index is 1.30. The Morgan fingerprint density at radius 3 is 2.57 bits per heavy atom. The van der Waals surface area contributed by atoms with Gasteiger partial charge in [-0.25, -0.2) is 4.39 Å². The van der Waals surface area contributed by atoms with Gasteiger partial charge in [-0.3, -0.25) is 14.6 Å². The van der Waals surface area contributed by atoms with Gasteiger partial charge in [0.1, 0.15) is 5.82 Å². The minimum Gasteiger partial charge on any atom is -0.369 e. The van der Waals surface area contributed by atoms with E-state index in [9.17, 15) is 9.18 Å². The average Bonchev–Trinajstić information content (AvgIpc) is 3.18. The molecule has 3 heterocycles. The van der Waals surface area contributed by atoms with E-state index in [0.717, 1.165) is 56.4 Å². The Labute approximate surface area is 170 Å². The molecule has 0 radical (unpaired) electrons. The third-order valence-corrected chi connectivity index (χ3v) is 6.99. The summed E-state index contributed by atoms with van der Waals surface area (Å²) >= 11 is 1.56. The summed E-state index contributed by atoms with van der Waals surface area (Å²) in [6.07, 6.45) is 2.49. The SMILES string of the molecule is CC(=O)c1cc(CN2CCC[C@H](N3CCN(c4ccc(F)cc4)CC3)C2)cs1. The van der Waals surface area contributed by atoms with Crippen LogP contribution in [-0.2, 0) is 6.54 Å². The summed E-state index contributed by atoms with van der Waals surface area (Å²) in [6, 6.07) is 9.51. The second-order valence-corrected chi connectivity index (χ2v) is 8.82. The Kier molecular flexibility index (Phi) is 6.09. The van der Waals surface area contributed by atoms with E-state index in [4.69, 9.17) is 0 Å². The van der Waals surface area contributed by atoms with Crippen molar-refractivity contribution in [3.63, 3.8) is 0 Å². The van der Waals surface area contributed by atoms with Crippen LogP contribution in [0.4, 0.5) is 10.1 Å². The molecule has 2 aliphatic heterocycles. The quantitative estimate of drug-likeness (QED) is 0.711. The van der Waals surface area contributed by atoms with Gasteiger partial charge < -0.3 is 4.90 Å². The van der Waals surface area contributed by atoms with Gasteiger partial charge in [-0.05, 0) is 67.6 Å². The zero-order valence-corrected chi connectivity index (χ0v) is 17.3. The van der Waals surface area contributed by atoms with E-state index < -0.39 is 0 Å². The van der Waals surface area contributed by atoms with Gasteiger partial charge in [0, 0.05) is 51.0 Å². The molecule has 0 N–H and O–H groups in total. The fraction of sp³-hybridized carbons (Fsp3) is 0.500. The number of benzene rings is 1. The highest BCUT2D eigenvalue weighted by Gasteiger charge is 2.28. The number of rotatable bonds is 5. The molecule has 0 amide bonds. The lowest BCUT2D eigenvalue weighted by Gasteiger charge is -2.44. The molecule has 1 aromatic carbocycles. The monoisotopic (exact) mass is 401 g/mol. The van der Waals surface area contributed by atoms with Crippen LogP contribution in [0.25, 0.3) is 0 Å². The number of halogens is 1. The number of ketones is 1. The number of thiophene rings is 1. The predicted molar refractivity (Wildman–Crippen MR) is 113 cm³/mol. The van der Waals surface area contributed by atoms with Crippen LogP contribution >= 0.6 is 11.3 Å². The maximum absolute atomic E-state index is 13.1. The number of anilines is 1. The van der Waals surface area contributed by atoms with Crippen LogP contribution in [0.15, 0.2) is 35.7 Å². The van der Waals surface area contributed by atoms with Crippen molar-refractivity contribution < 1.29 is 9.18 Å². The second kappa shape index (κ2) is 8.72. The molecule has 2 aromatic rings. The van der Waals surface area contributed by atoms with E-state index in [1.807, 2.05) is 12.1 Å². The number of nitrogens with zero attached hydrogens (tertiary/aromatic N) is 3. The zero-order chi connectivity index (χ0) is 19.5. The molecule has 1 aromatic heterocycles. The van der Waals surface area contributed by atoms with E-state index in [2.05, 4.69) is 26.1 Å². The van der Waals surface area contributed by atoms with Gasteiger partial charge in [0.05, 0.1) is 4.88 Å². The molecule has 4 nitrogen and oxygen atoms in total. The average molecular weight is 402 g/mol. The first kappa shape index (κ1) is 19.6. The normalized spacial score (nSPS) is 21.8. The summed E-state index contributed by atoms with van der Waals surface area (Å²) in [5.74, 6) is -0.0162. The Morgan fingerprint density at radius 1 is 1.14 bits per heavy atom. The maximum atomic E-state index is 13.1. The van der Waals surface area contributed by atoms with Gasteiger partial charge in [0.15, 0.2) is 5.78 Å². The number of piperazine rings is 1. The smallest absolute Gasteiger partial charge is 0.169 e. The largest absolute Gasteiger partial charge is 0.369 e. The Bertz CT molecular complexity index is 798. The molecule has 2 saturated heterocycles. The van der Waals surface area contributed by atoms with E-state index >= 15 is 0 Å². The summed E-state index contributed by atoms with van der Waals surface area (Å²) in [5.41, 5.74) is 2.38. The summed E-state index contributed by atoms with van der Waals surface area (Å²) in [4.78, 5) is 19.9. The molecule has 150 valence electrons. The van der Waals surface area contributed by atoms with Crippen molar-refractivity contribution in [1.82, 2.24) is 9.80 Å². The predicted octanol–water partition coefficient (Wildman–Crippen LogP) is 3.88. The number of hydrogen-bond donors (Lipinski definition) is 0. The highest BCUT2D eigenvalue weighted by molar-refractivity contribution is 7.12. The molecule has 0 spiro atoms. The second-order valence-electron chi connectivity index (χ2n) is 7.91. The van der Waals surface area contributed by atoms with Crippen LogP contribution in [0.3, 0.4) is 0 Å². The zero-order valence-electron chi connectivity index (χ0n) is 16.4. The first-order valence-corrected chi connectivity index (χ1v) is 11.0. The van der Waals surface area contributed by atoms with Gasteiger partial charge in [-0.1, -0.05) is 0 Å². The maximum Gasteiger partial charge on any atom is 0.169 e. The van der Waals surface area contributed by atoms with E-state index in [0.29, 0.717) is 6.04 Å². The van der Waals surface area contributed by atoms with Crippen molar-refractivity contribution >= 4 is 22.8 Å². The molecular weight excluding hydrogens is 373 g/mol. The number of carbonyl (C=O) groups excluding carboxylic acids is 1. The third kappa shape index (κ3) is 4.62. The fourth-order valence-electron chi connectivity index (χ4n) is 4.37. The van der Waals surface area contributed by atoms with Gasteiger partial charge >= 0.3 is 0 Å². The van der Waals surface area contributed by atoms with Gasteiger partial charge in [0.25, 0.3) is 0 Å². The highest BCUT2D eigenvalue weighted by Crippen LogP contribution is 2.23. The number of likely N-dealkylation sites (tertiary alicyclic amines) is 1. The Hall–Kier alpha value is -1.76. The topological polar surface area (TPSA) is 26.8 Å². The molecule has 2 fully saturated rings. The molecule has 1 atom stereocenters. The first-order chi connectivity index (χ1) is 13.6. The van der Waals surface area contributed by atoms with E-state index in [1.54, 1.807) is 30.4 Å². The van der Waals surface area contributed by atoms with Gasteiger partial charge in [0.2, 0.25) is 0 Å². The number of Topliss-reactive ketones (excluding diaryl/α,β-unsaturated/α-hetero) is 1. The van der Waals surface area contributed by atoms with Crippen molar-refractivity contribution in [2.24, 2.45) is 0 Å². The van der Waals surface area contributed by atoms with Crippen LogP contribution in [-0.4, -0.2) is 60.9 Å². The summed E-state index contributed by atoms with van der Waals surface area (Å²) in [6.45, 7) is 8.92. The minimum absolute atomic E-state index is 0.159. The van der Waals surface area contributed by atoms with Crippen LogP contribution < -0.4 is 4.90 Å². The Morgan fingerprint density at radius 2 is 1.89 bits per heavy atom. The molecule has 0 aliphatic carbocycles. The van der Waals surface area contributed by atoms with Crippen LogP contribution in [0.5, 0.6) is 0 Å². The lowest BCUT2D eigenvalue weighted by atomic mass is 10.0. The molecule has 0 saturated carbocycles. The highest BCUT2D eigenvalue weighted by atomic mass is 32.1. The molecular formula is C22H28FN3OS. The van der Waals surface area contributed by atoms with Gasteiger partial charge in [-0.2, -0.15) is 0 Å². The fourth-order valence-corrected chi connectivity index (χ4v) is 5.18. The van der Waals surface area contributed by atoms with Crippen molar-refractivity contribution in [2.75, 3.05) is 44.2 Å². The van der Waals surface area contributed by atoms with Crippen molar-refractivity contribution in [1.29, 1.82) is 0 Å². The van der Waals surface area contributed by atoms with Crippen molar-refractivity contribution in [3.05, 3.63) is 52.0 Å². The molecule has 2 aliphatic rings.